The molecule has 70 valence electrons. The van der Waals surface area contributed by atoms with Crippen molar-refractivity contribution >= 4 is 15.6 Å². The van der Waals surface area contributed by atoms with Gasteiger partial charge in [0.25, 0.3) is 0 Å². The highest BCUT2D eigenvalue weighted by Gasteiger charge is 2.11. The number of halogens is 1. The second-order valence-electron chi connectivity index (χ2n) is 3.34. The van der Waals surface area contributed by atoms with Crippen LogP contribution in [0.1, 0.15) is 27.0 Å². The number of carbonyl (C=O) groups is 1. The molecule has 0 fully saturated rings. The molecule has 0 atom stereocenters. The van der Waals surface area contributed by atoms with Gasteiger partial charge in [-0.25, -0.2) is 4.39 Å². The standard InChI is InChI=1S/C10H13FOSi/c1-5-6(2)8(10(12)13)4-9(11)7(5)3/h4H,1-3,13H3. The summed E-state index contributed by atoms with van der Waals surface area (Å²) in [6.07, 6.45) is 0. The highest BCUT2D eigenvalue weighted by atomic mass is 28.1. The molecule has 0 aliphatic heterocycles. The Kier molecular flexibility index (Phi) is 2.66. The third-order valence-electron chi connectivity index (χ3n) is 2.54. The van der Waals surface area contributed by atoms with Gasteiger partial charge in [-0.05, 0) is 43.5 Å². The van der Waals surface area contributed by atoms with Gasteiger partial charge in [-0.15, -0.1) is 0 Å². The van der Waals surface area contributed by atoms with Crippen LogP contribution >= 0.6 is 0 Å². The molecule has 0 bridgehead atoms. The molecule has 1 nitrogen and oxygen atoms in total. The Hall–Kier alpha value is -0.963. The predicted molar refractivity (Wildman–Crippen MR) is 54.9 cm³/mol. The van der Waals surface area contributed by atoms with Crippen LogP contribution in [0.2, 0.25) is 0 Å². The fourth-order valence-electron chi connectivity index (χ4n) is 1.37. The van der Waals surface area contributed by atoms with Gasteiger partial charge in [-0.1, -0.05) is 0 Å². The van der Waals surface area contributed by atoms with Crippen LogP contribution in [0.3, 0.4) is 0 Å². The van der Waals surface area contributed by atoms with Crippen LogP contribution in [0, 0.1) is 26.6 Å². The summed E-state index contributed by atoms with van der Waals surface area (Å²) in [7, 11) is 0.443. The minimum absolute atomic E-state index is 0.0551. The summed E-state index contributed by atoms with van der Waals surface area (Å²) in [6.45, 7) is 5.45. The maximum absolute atomic E-state index is 13.2. The molecule has 0 saturated heterocycles. The maximum Gasteiger partial charge on any atom is 0.129 e. The van der Waals surface area contributed by atoms with Gasteiger partial charge in [0.1, 0.15) is 11.2 Å². The van der Waals surface area contributed by atoms with E-state index in [-0.39, 0.29) is 11.2 Å². The lowest BCUT2D eigenvalue weighted by Gasteiger charge is -2.09. The van der Waals surface area contributed by atoms with Gasteiger partial charge in [0.15, 0.2) is 0 Å². The largest absolute Gasteiger partial charge is 0.301 e. The van der Waals surface area contributed by atoms with Gasteiger partial charge >= 0.3 is 0 Å². The van der Waals surface area contributed by atoms with Crippen molar-refractivity contribution in [3.8, 4) is 0 Å². The maximum atomic E-state index is 13.2. The van der Waals surface area contributed by atoms with E-state index in [0.29, 0.717) is 21.4 Å². The van der Waals surface area contributed by atoms with Crippen LogP contribution in [-0.2, 0) is 0 Å². The van der Waals surface area contributed by atoms with Crippen molar-refractivity contribution in [1.29, 1.82) is 0 Å². The molecule has 0 amide bonds. The predicted octanol–water partition coefficient (Wildman–Crippen LogP) is 1.26. The molecule has 1 rings (SSSR count). The molecule has 0 saturated carbocycles. The molecular weight excluding hydrogens is 183 g/mol. The Labute approximate surface area is 80.4 Å². The first-order chi connectivity index (χ1) is 5.95. The molecule has 0 spiro atoms. The third-order valence-corrected chi connectivity index (χ3v) is 3.08. The average molecular weight is 196 g/mol. The van der Waals surface area contributed by atoms with Crippen molar-refractivity contribution in [3.63, 3.8) is 0 Å². The summed E-state index contributed by atoms with van der Waals surface area (Å²) in [5.41, 5.74) is 2.99. The van der Waals surface area contributed by atoms with Gasteiger partial charge < -0.3 is 4.79 Å². The Morgan fingerprint density at radius 3 is 2.23 bits per heavy atom. The molecule has 0 heterocycles. The number of benzene rings is 1. The summed E-state index contributed by atoms with van der Waals surface area (Å²) in [6, 6.07) is 1.35. The molecule has 0 radical (unpaired) electrons. The van der Waals surface area contributed by atoms with Crippen LogP contribution < -0.4 is 0 Å². The molecular formula is C10H13FOSi. The molecule has 13 heavy (non-hydrogen) atoms. The highest BCUT2D eigenvalue weighted by molar-refractivity contribution is 6.62. The van der Waals surface area contributed by atoms with E-state index in [1.165, 1.54) is 6.07 Å². The van der Waals surface area contributed by atoms with E-state index in [2.05, 4.69) is 0 Å². The molecule has 0 aliphatic rings. The molecule has 0 N–H and O–H groups in total. The lowest BCUT2D eigenvalue weighted by Crippen LogP contribution is -2.05. The average Bonchev–Trinajstić information content (AvgIpc) is 2.07. The van der Waals surface area contributed by atoms with Gasteiger partial charge in [0.2, 0.25) is 0 Å². The Morgan fingerprint density at radius 1 is 1.23 bits per heavy atom. The zero-order valence-corrected chi connectivity index (χ0v) is 10.4. The number of hydrogen-bond donors (Lipinski definition) is 0. The third kappa shape index (κ3) is 1.70. The first-order valence-corrected chi connectivity index (χ1v) is 5.22. The second kappa shape index (κ2) is 3.42. The zero-order valence-electron chi connectivity index (χ0n) is 8.36. The second-order valence-corrected chi connectivity index (χ2v) is 4.25. The van der Waals surface area contributed by atoms with E-state index in [0.717, 1.165) is 11.1 Å². The minimum atomic E-state index is -0.276. The number of hydrogen-bond acceptors (Lipinski definition) is 1. The van der Waals surface area contributed by atoms with Crippen LogP contribution in [0.4, 0.5) is 4.39 Å². The van der Waals surface area contributed by atoms with Gasteiger partial charge in [-0.2, -0.15) is 0 Å². The Balaban J connectivity index is 3.50. The quantitative estimate of drug-likeness (QED) is 0.618. The van der Waals surface area contributed by atoms with Crippen molar-refractivity contribution in [2.24, 2.45) is 0 Å². The Bertz CT molecular complexity index is 372. The molecule has 0 aliphatic carbocycles. The van der Waals surface area contributed by atoms with E-state index in [1.807, 2.05) is 13.8 Å². The lowest BCUT2D eigenvalue weighted by atomic mass is 9.99. The van der Waals surface area contributed by atoms with Gasteiger partial charge in [0.05, 0.1) is 10.2 Å². The molecule has 0 aromatic heterocycles. The molecule has 1 aromatic carbocycles. The van der Waals surface area contributed by atoms with Crippen LogP contribution in [0.15, 0.2) is 6.07 Å². The van der Waals surface area contributed by atoms with Gasteiger partial charge in [-0.3, -0.25) is 0 Å². The molecule has 1 aromatic rings. The number of rotatable bonds is 1. The van der Waals surface area contributed by atoms with E-state index in [4.69, 9.17) is 0 Å². The summed E-state index contributed by atoms with van der Waals surface area (Å²) in [5.74, 6) is -0.276. The fraction of sp³-hybridized carbons (Fsp3) is 0.300. The monoisotopic (exact) mass is 196 g/mol. The number of carbonyl (C=O) groups excluding carboxylic acids is 1. The topological polar surface area (TPSA) is 17.1 Å². The summed E-state index contributed by atoms with van der Waals surface area (Å²) < 4.78 is 13.2. The minimum Gasteiger partial charge on any atom is -0.301 e. The van der Waals surface area contributed by atoms with Crippen molar-refractivity contribution in [2.75, 3.05) is 0 Å². The Morgan fingerprint density at radius 2 is 1.77 bits per heavy atom. The van der Waals surface area contributed by atoms with E-state index in [9.17, 15) is 9.18 Å². The SMILES string of the molecule is Cc1c(F)cc(C(=O)[SiH3])c(C)c1C. The highest BCUT2D eigenvalue weighted by Crippen LogP contribution is 2.20. The first kappa shape index (κ1) is 10.1. The normalized spacial score (nSPS) is 10.5. The molecule has 3 heteroatoms. The van der Waals surface area contributed by atoms with E-state index < -0.39 is 0 Å². The smallest absolute Gasteiger partial charge is 0.129 e. The van der Waals surface area contributed by atoms with Gasteiger partial charge in [0, 0.05) is 5.56 Å². The first-order valence-electron chi connectivity index (χ1n) is 4.22. The van der Waals surface area contributed by atoms with Crippen molar-refractivity contribution < 1.29 is 9.18 Å². The van der Waals surface area contributed by atoms with E-state index >= 15 is 0 Å². The molecule has 0 unspecified atom stereocenters. The van der Waals surface area contributed by atoms with Crippen molar-refractivity contribution in [1.82, 2.24) is 0 Å². The van der Waals surface area contributed by atoms with Crippen molar-refractivity contribution in [2.45, 2.75) is 20.8 Å². The van der Waals surface area contributed by atoms with Crippen LogP contribution in [-0.4, -0.2) is 15.6 Å². The summed E-state index contributed by atoms with van der Waals surface area (Å²) in [4.78, 5) is 11.2. The van der Waals surface area contributed by atoms with Crippen molar-refractivity contribution in [3.05, 3.63) is 34.1 Å². The van der Waals surface area contributed by atoms with E-state index in [1.54, 1.807) is 6.92 Å². The summed E-state index contributed by atoms with van der Waals surface area (Å²) >= 11 is 0. The zero-order chi connectivity index (χ0) is 10.2. The van der Waals surface area contributed by atoms with Crippen LogP contribution in [0.25, 0.3) is 0 Å². The van der Waals surface area contributed by atoms with Crippen LogP contribution in [0.5, 0.6) is 0 Å². The lowest BCUT2D eigenvalue weighted by molar-refractivity contribution is 0.107. The summed E-state index contributed by atoms with van der Waals surface area (Å²) in [5, 5.41) is 0.0551. The fourth-order valence-corrected chi connectivity index (χ4v) is 1.89.